The Morgan fingerprint density at radius 3 is 2.62 bits per heavy atom. The summed E-state index contributed by atoms with van der Waals surface area (Å²) in [5, 5.41) is 3.24. The molecule has 0 aliphatic carbocycles. The Labute approximate surface area is 150 Å². The van der Waals surface area contributed by atoms with Gasteiger partial charge in [-0.15, -0.1) is 4.36 Å². The van der Waals surface area contributed by atoms with Crippen LogP contribution in [-0.4, -0.2) is 37.9 Å². The molecule has 1 aromatic rings. The largest absolute Gasteiger partial charge is 0.365 e. The van der Waals surface area contributed by atoms with Crippen molar-refractivity contribution in [1.29, 1.82) is 0 Å². The molecule has 0 radical (unpaired) electrons. The summed E-state index contributed by atoms with van der Waals surface area (Å²) in [5.74, 6) is -0.122. The van der Waals surface area contributed by atoms with Gasteiger partial charge in [0, 0.05) is 13.6 Å². The molecular weight excluding hydrogens is 346 g/mol. The van der Waals surface area contributed by atoms with Crippen LogP contribution in [0.3, 0.4) is 0 Å². The van der Waals surface area contributed by atoms with E-state index in [1.807, 2.05) is 0 Å². The highest BCUT2D eigenvalue weighted by atomic mass is 32.2. The molecule has 0 heterocycles. The molecule has 0 unspecified atom stereocenters. The number of hydrogen-bond acceptors (Lipinski definition) is 5. The van der Waals surface area contributed by atoms with E-state index in [1.165, 1.54) is 0 Å². The Morgan fingerprint density at radius 2 is 2.04 bits per heavy atom. The first-order valence-electron chi connectivity index (χ1n) is 7.81. The normalized spacial score (nSPS) is 10.1. The maximum Gasteiger partial charge on any atom is 0.316 e. The van der Waals surface area contributed by atoms with Crippen molar-refractivity contribution in [1.82, 2.24) is 10.2 Å². The Kier molecular flexibility index (Phi) is 8.56. The van der Waals surface area contributed by atoms with Gasteiger partial charge in [-0.3, -0.25) is 9.69 Å². The molecule has 0 saturated heterocycles. The van der Waals surface area contributed by atoms with E-state index < -0.39 is 10.5 Å². The van der Waals surface area contributed by atoms with Crippen molar-refractivity contribution in [3.63, 3.8) is 0 Å². The quantitative estimate of drug-likeness (QED) is 0.590. The average molecular weight is 370 g/mol. The molecule has 24 heavy (non-hydrogen) atoms. The molecule has 1 amide bonds. The van der Waals surface area contributed by atoms with Gasteiger partial charge in [0.05, 0.1) is 12.1 Å². The van der Waals surface area contributed by atoms with Crippen molar-refractivity contribution in [2.45, 2.75) is 39.5 Å². The van der Waals surface area contributed by atoms with Crippen LogP contribution >= 0.6 is 12.2 Å². The van der Waals surface area contributed by atoms with Crippen molar-refractivity contribution >= 4 is 39.4 Å². The zero-order valence-corrected chi connectivity index (χ0v) is 15.8. The lowest BCUT2D eigenvalue weighted by Crippen LogP contribution is -2.43. The summed E-state index contributed by atoms with van der Waals surface area (Å²) in [6.07, 6.45) is 3.11. The minimum atomic E-state index is -2.52. The molecule has 6 nitrogen and oxygen atoms in total. The van der Waals surface area contributed by atoms with E-state index in [2.05, 4.69) is 16.6 Å². The van der Waals surface area contributed by atoms with E-state index in [0.717, 1.165) is 24.8 Å². The lowest BCUT2D eigenvalue weighted by atomic mass is 10.1. The van der Waals surface area contributed by atoms with Gasteiger partial charge in [-0.2, -0.15) is 8.42 Å². The predicted molar refractivity (Wildman–Crippen MR) is 98.8 cm³/mol. The second kappa shape index (κ2) is 10.1. The average Bonchev–Trinajstić information content (AvgIpc) is 2.53. The molecule has 8 heteroatoms. The van der Waals surface area contributed by atoms with Crippen LogP contribution in [-0.2, 0) is 21.7 Å². The van der Waals surface area contributed by atoms with Crippen molar-refractivity contribution in [2.75, 3.05) is 13.6 Å². The van der Waals surface area contributed by atoms with Crippen molar-refractivity contribution in [3.05, 3.63) is 29.3 Å². The molecule has 132 valence electrons. The number of hydrogen-bond donors (Lipinski definition) is 1. The molecule has 0 aliphatic rings. The van der Waals surface area contributed by atoms with Crippen LogP contribution in [0.1, 0.15) is 37.3 Å². The predicted octanol–water partition coefficient (Wildman–Crippen LogP) is 2.75. The van der Waals surface area contributed by atoms with Gasteiger partial charge in [-0.05, 0) is 42.8 Å². The highest BCUT2D eigenvalue weighted by Crippen LogP contribution is 2.20. The molecule has 0 spiro atoms. The highest BCUT2D eigenvalue weighted by Gasteiger charge is 2.17. The van der Waals surface area contributed by atoms with Crippen molar-refractivity contribution < 1.29 is 13.2 Å². The van der Waals surface area contributed by atoms with Crippen molar-refractivity contribution in [3.8, 4) is 0 Å². The standard InChI is InChI=1S/C16H23N3O3S2/c1-4-5-6-9-19(16(23)17-3)15(20)11-13-8-7-12(2)14(10-13)18-24(21)22/h7-8,10H,4-6,9,11H2,1-3H3,(H,17,23). The topological polar surface area (TPSA) is 78.8 Å². The lowest BCUT2D eigenvalue weighted by Gasteiger charge is -2.23. The number of rotatable bonds is 7. The minimum Gasteiger partial charge on any atom is -0.365 e. The summed E-state index contributed by atoms with van der Waals surface area (Å²) in [7, 11) is -0.833. The molecule has 0 saturated carbocycles. The highest BCUT2D eigenvalue weighted by molar-refractivity contribution is 7.80. The number of carbonyl (C=O) groups excluding carboxylic acids is 1. The fourth-order valence-electron chi connectivity index (χ4n) is 2.21. The third-order valence-corrected chi connectivity index (χ3v) is 4.32. The third kappa shape index (κ3) is 6.37. The van der Waals surface area contributed by atoms with Crippen LogP contribution in [0.2, 0.25) is 0 Å². The van der Waals surface area contributed by atoms with Crippen LogP contribution < -0.4 is 5.32 Å². The Balaban J connectivity index is 2.94. The molecule has 0 aromatic heterocycles. The second-order valence-electron chi connectivity index (χ2n) is 5.41. The molecule has 1 N–H and O–H groups in total. The van der Waals surface area contributed by atoms with Crippen molar-refractivity contribution in [2.24, 2.45) is 4.36 Å². The third-order valence-electron chi connectivity index (χ3n) is 3.55. The summed E-state index contributed by atoms with van der Waals surface area (Å²) in [6.45, 7) is 4.43. The van der Waals surface area contributed by atoms with Crippen LogP contribution in [0.5, 0.6) is 0 Å². The minimum absolute atomic E-state index is 0.122. The van der Waals surface area contributed by atoms with Gasteiger partial charge in [0.15, 0.2) is 5.11 Å². The van der Waals surface area contributed by atoms with Crippen LogP contribution in [0.25, 0.3) is 0 Å². The monoisotopic (exact) mass is 369 g/mol. The molecule has 0 aliphatic heterocycles. The smallest absolute Gasteiger partial charge is 0.316 e. The van der Waals surface area contributed by atoms with Gasteiger partial charge in [-0.25, -0.2) is 0 Å². The number of amides is 1. The Bertz CT molecular complexity index is 722. The fraction of sp³-hybridized carbons (Fsp3) is 0.500. The maximum absolute atomic E-state index is 12.6. The molecule has 1 rings (SSSR count). The van der Waals surface area contributed by atoms with Gasteiger partial charge in [-0.1, -0.05) is 31.9 Å². The van der Waals surface area contributed by atoms with E-state index >= 15 is 0 Å². The van der Waals surface area contributed by atoms with E-state index in [4.69, 9.17) is 12.2 Å². The van der Waals surface area contributed by atoms with Gasteiger partial charge in [0.1, 0.15) is 0 Å². The summed E-state index contributed by atoms with van der Waals surface area (Å²) in [5.41, 5.74) is 1.79. The lowest BCUT2D eigenvalue weighted by molar-refractivity contribution is -0.126. The van der Waals surface area contributed by atoms with Gasteiger partial charge in [0.25, 0.3) is 0 Å². The van der Waals surface area contributed by atoms with Crippen LogP contribution in [0.15, 0.2) is 22.6 Å². The summed E-state index contributed by atoms with van der Waals surface area (Å²) >= 11 is 5.22. The molecule has 1 aromatic carbocycles. The summed E-state index contributed by atoms with van der Waals surface area (Å²) in [4.78, 5) is 14.1. The van der Waals surface area contributed by atoms with E-state index in [0.29, 0.717) is 22.9 Å². The number of benzene rings is 1. The number of nitrogens with zero attached hydrogens (tertiary/aromatic N) is 2. The number of thiocarbonyl (C=S) groups is 1. The zero-order chi connectivity index (χ0) is 18.1. The van der Waals surface area contributed by atoms with Crippen LogP contribution in [0.4, 0.5) is 5.69 Å². The number of unbranched alkanes of at least 4 members (excludes halogenated alkanes) is 2. The van der Waals surface area contributed by atoms with E-state index in [-0.39, 0.29) is 12.3 Å². The maximum atomic E-state index is 12.6. The SMILES string of the molecule is CCCCCN(C(=O)Cc1ccc(C)c(N=S(=O)=O)c1)C(=S)NC. The first-order valence-corrected chi connectivity index (χ1v) is 9.25. The van der Waals surface area contributed by atoms with Crippen LogP contribution in [0, 0.1) is 6.92 Å². The Morgan fingerprint density at radius 1 is 1.33 bits per heavy atom. The van der Waals surface area contributed by atoms with Gasteiger partial charge >= 0.3 is 10.5 Å². The zero-order valence-electron chi connectivity index (χ0n) is 14.2. The first-order chi connectivity index (χ1) is 11.4. The number of aryl methyl sites for hydroxylation is 1. The number of carbonyl (C=O) groups is 1. The second-order valence-corrected chi connectivity index (χ2v) is 6.42. The van der Waals surface area contributed by atoms with Gasteiger partial charge < -0.3 is 5.32 Å². The molecular formula is C16H23N3O3S2. The molecule has 0 fully saturated rings. The molecule has 0 bridgehead atoms. The number of nitrogens with one attached hydrogen (secondary N) is 1. The van der Waals surface area contributed by atoms with Gasteiger partial charge in [0.2, 0.25) is 5.91 Å². The fourth-order valence-corrected chi connectivity index (χ4v) is 2.76. The first kappa shape index (κ1) is 20.2. The Hall–Kier alpha value is -1.80. The molecule has 0 atom stereocenters. The summed E-state index contributed by atoms with van der Waals surface area (Å²) in [6, 6.07) is 5.18. The summed E-state index contributed by atoms with van der Waals surface area (Å²) < 4.78 is 25.1. The van der Waals surface area contributed by atoms with E-state index in [1.54, 1.807) is 37.1 Å². The van der Waals surface area contributed by atoms with E-state index in [9.17, 15) is 13.2 Å².